The summed E-state index contributed by atoms with van der Waals surface area (Å²) < 4.78 is 20.9. The predicted molar refractivity (Wildman–Crippen MR) is 121 cm³/mol. The molecule has 0 saturated carbocycles. The van der Waals surface area contributed by atoms with Gasteiger partial charge in [0.15, 0.2) is 0 Å². The van der Waals surface area contributed by atoms with Gasteiger partial charge in [-0.25, -0.2) is 9.37 Å². The quantitative estimate of drug-likeness (QED) is 0.534. The molecule has 1 aliphatic rings. The lowest BCUT2D eigenvalue weighted by molar-refractivity contribution is 0.0626. The van der Waals surface area contributed by atoms with Gasteiger partial charge in [0.25, 0.3) is 0 Å². The van der Waals surface area contributed by atoms with Gasteiger partial charge in [0, 0.05) is 31.9 Å². The second-order valence-electron chi connectivity index (χ2n) is 8.48. The largest absolute Gasteiger partial charge is 0.492 e. The topological polar surface area (TPSA) is 75.4 Å². The highest BCUT2D eigenvalue weighted by molar-refractivity contribution is 5.40. The van der Waals surface area contributed by atoms with Crippen molar-refractivity contribution < 1.29 is 14.2 Å². The number of ether oxygens (including phenoxy) is 1. The lowest BCUT2D eigenvalue weighted by Gasteiger charge is -2.24. The third-order valence-corrected chi connectivity index (χ3v) is 5.75. The van der Waals surface area contributed by atoms with Gasteiger partial charge in [0.2, 0.25) is 0 Å². The van der Waals surface area contributed by atoms with Gasteiger partial charge in [-0.15, -0.1) is 0 Å². The van der Waals surface area contributed by atoms with Crippen molar-refractivity contribution in [2.75, 3.05) is 31.1 Å². The fraction of sp³-hybridized carbons (Fsp3) is 0.417. The highest BCUT2D eigenvalue weighted by atomic mass is 19.1. The number of aliphatic hydroxyl groups is 1. The van der Waals surface area contributed by atoms with E-state index in [1.807, 2.05) is 47.7 Å². The Hall–Kier alpha value is -2.97. The average molecular weight is 440 g/mol. The number of hydrogen-bond acceptors (Lipinski definition) is 6. The average Bonchev–Trinajstić information content (AvgIpc) is 3.31. The lowest BCUT2D eigenvalue weighted by atomic mass is 10.0. The Bertz CT molecular complexity index is 1020. The van der Waals surface area contributed by atoms with Crippen molar-refractivity contribution in [3.63, 3.8) is 0 Å². The molecule has 0 spiro atoms. The minimum Gasteiger partial charge on any atom is -0.492 e. The van der Waals surface area contributed by atoms with Gasteiger partial charge >= 0.3 is 0 Å². The molecule has 3 heterocycles. The number of halogens is 1. The molecule has 7 nitrogen and oxygen atoms in total. The van der Waals surface area contributed by atoms with E-state index in [9.17, 15) is 9.50 Å². The number of pyridine rings is 1. The summed E-state index contributed by atoms with van der Waals surface area (Å²) in [5.41, 5.74) is 2.44. The second kappa shape index (κ2) is 9.67. The van der Waals surface area contributed by atoms with Crippen LogP contribution >= 0.6 is 0 Å². The van der Waals surface area contributed by atoms with Crippen molar-refractivity contribution in [2.45, 2.75) is 39.0 Å². The molecule has 3 aromatic rings. The molecule has 1 atom stereocenters. The van der Waals surface area contributed by atoms with Gasteiger partial charge in [-0.1, -0.05) is 12.1 Å². The van der Waals surface area contributed by atoms with E-state index in [1.54, 1.807) is 6.07 Å². The molecule has 2 aromatic heterocycles. The van der Waals surface area contributed by atoms with Crippen LogP contribution in [-0.4, -0.2) is 51.7 Å². The molecular weight excluding hydrogens is 409 g/mol. The highest BCUT2D eigenvalue weighted by Crippen LogP contribution is 2.25. The summed E-state index contributed by atoms with van der Waals surface area (Å²) >= 11 is 0. The molecule has 170 valence electrons. The maximum atomic E-state index is 13.1. The first-order valence-electron chi connectivity index (χ1n) is 10.9. The first-order valence-corrected chi connectivity index (χ1v) is 10.9. The molecule has 0 amide bonds. The van der Waals surface area contributed by atoms with E-state index < -0.39 is 5.60 Å². The van der Waals surface area contributed by atoms with Crippen molar-refractivity contribution in [1.82, 2.24) is 20.1 Å². The maximum Gasteiger partial charge on any atom is 0.141 e. The Morgan fingerprint density at radius 3 is 2.69 bits per heavy atom. The van der Waals surface area contributed by atoms with Crippen LogP contribution in [0.4, 0.5) is 10.2 Å². The summed E-state index contributed by atoms with van der Waals surface area (Å²) in [5, 5.41) is 18.7. The van der Waals surface area contributed by atoms with Gasteiger partial charge in [0.1, 0.15) is 24.0 Å². The van der Waals surface area contributed by atoms with Crippen molar-refractivity contribution in [1.29, 1.82) is 0 Å². The standard InChI is InChI=1S/C24H30FN5O2/c1-18-13-19(2)30(28-18)11-12-32-22-6-3-20(4-7-22)14-26-16-24(31)9-10-29(17-24)23-8-5-21(25)15-27-23/h3-8,13,15,26,31H,9-12,14,16-17H2,1-2H3/t24-/m1/s1. The van der Waals surface area contributed by atoms with Gasteiger partial charge < -0.3 is 20.1 Å². The zero-order valence-electron chi connectivity index (χ0n) is 18.6. The third-order valence-electron chi connectivity index (χ3n) is 5.75. The molecule has 1 fully saturated rings. The Morgan fingerprint density at radius 1 is 1.19 bits per heavy atom. The minimum absolute atomic E-state index is 0.357. The number of benzene rings is 1. The summed E-state index contributed by atoms with van der Waals surface area (Å²) in [7, 11) is 0. The molecule has 1 saturated heterocycles. The van der Waals surface area contributed by atoms with E-state index >= 15 is 0 Å². The number of nitrogens with one attached hydrogen (secondary N) is 1. The Balaban J connectivity index is 1.20. The smallest absolute Gasteiger partial charge is 0.141 e. The summed E-state index contributed by atoms with van der Waals surface area (Å²) in [6.07, 6.45) is 1.85. The summed E-state index contributed by atoms with van der Waals surface area (Å²) in [4.78, 5) is 6.09. The molecular formula is C24H30FN5O2. The SMILES string of the molecule is Cc1cc(C)n(CCOc2ccc(CNC[C@]3(O)CCN(c4ccc(F)cn4)C3)cc2)n1. The molecule has 2 N–H and O–H groups in total. The number of anilines is 1. The molecule has 4 rings (SSSR count). The minimum atomic E-state index is -0.831. The number of nitrogens with zero attached hydrogens (tertiary/aromatic N) is 4. The fourth-order valence-electron chi connectivity index (χ4n) is 4.05. The van der Waals surface area contributed by atoms with E-state index in [2.05, 4.69) is 21.5 Å². The monoisotopic (exact) mass is 439 g/mol. The van der Waals surface area contributed by atoms with E-state index in [0.29, 0.717) is 51.6 Å². The predicted octanol–water partition coefficient (Wildman–Crippen LogP) is 2.84. The fourth-order valence-corrected chi connectivity index (χ4v) is 4.05. The van der Waals surface area contributed by atoms with Crippen LogP contribution < -0.4 is 15.0 Å². The zero-order valence-corrected chi connectivity index (χ0v) is 18.6. The number of aryl methyl sites for hydroxylation is 2. The van der Waals surface area contributed by atoms with E-state index in [1.165, 1.54) is 12.3 Å². The molecule has 0 aliphatic carbocycles. The van der Waals surface area contributed by atoms with Crippen LogP contribution in [0.25, 0.3) is 0 Å². The molecule has 0 unspecified atom stereocenters. The lowest BCUT2D eigenvalue weighted by Crippen LogP contribution is -2.43. The Labute approximate surface area is 187 Å². The van der Waals surface area contributed by atoms with Gasteiger partial charge in [0.05, 0.1) is 24.0 Å². The number of rotatable bonds is 9. The van der Waals surface area contributed by atoms with Crippen molar-refractivity contribution in [3.8, 4) is 5.75 Å². The second-order valence-corrected chi connectivity index (χ2v) is 8.48. The first kappa shape index (κ1) is 22.2. The molecule has 1 aliphatic heterocycles. The number of hydrogen-bond donors (Lipinski definition) is 2. The molecule has 8 heteroatoms. The Kier molecular flexibility index (Phi) is 6.72. The molecule has 32 heavy (non-hydrogen) atoms. The first-order chi connectivity index (χ1) is 15.4. The molecule has 1 aromatic carbocycles. The van der Waals surface area contributed by atoms with Gasteiger partial charge in [-0.2, -0.15) is 5.10 Å². The third kappa shape index (κ3) is 5.63. The highest BCUT2D eigenvalue weighted by Gasteiger charge is 2.36. The molecule has 0 bridgehead atoms. The zero-order chi connectivity index (χ0) is 22.6. The van der Waals surface area contributed by atoms with Crippen molar-refractivity contribution in [2.24, 2.45) is 0 Å². The number of β-amino-alcohol motifs (C(OH)–C–C–N with tert-alkyl or cyclic N) is 1. The molecule has 0 radical (unpaired) electrons. The summed E-state index contributed by atoms with van der Waals surface area (Å²) in [6.45, 7) is 7.61. The van der Waals surface area contributed by atoms with Crippen LogP contribution in [0.15, 0.2) is 48.7 Å². The van der Waals surface area contributed by atoms with E-state index in [0.717, 1.165) is 22.7 Å². The van der Waals surface area contributed by atoms with Crippen LogP contribution in [0.2, 0.25) is 0 Å². The summed E-state index contributed by atoms with van der Waals surface area (Å²) in [6, 6.07) is 13.1. The van der Waals surface area contributed by atoms with Gasteiger partial charge in [-0.05, 0) is 56.2 Å². The van der Waals surface area contributed by atoms with Gasteiger partial charge in [-0.3, -0.25) is 4.68 Å². The van der Waals surface area contributed by atoms with E-state index in [4.69, 9.17) is 4.74 Å². The van der Waals surface area contributed by atoms with Crippen LogP contribution in [0.1, 0.15) is 23.4 Å². The van der Waals surface area contributed by atoms with E-state index in [-0.39, 0.29) is 5.82 Å². The van der Waals surface area contributed by atoms with Crippen LogP contribution in [0.3, 0.4) is 0 Å². The van der Waals surface area contributed by atoms with Crippen LogP contribution in [0.5, 0.6) is 5.75 Å². The van der Waals surface area contributed by atoms with Crippen LogP contribution in [0, 0.1) is 19.7 Å². The Morgan fingerprint density at radius 2 is 2.00 bits per heavy atom. The summed E-state index contributed by atoms with van der Waals surface area (Å²) in [5.74, 6) is 1.16. The maximum absolute atomic E-state index is 13.1. The van der Waals surface area contributed by atoms with Crippen LogP contribution in [-0.2, 0) is 13.1 Å². The number of aromatic nitrogens is 3. The van der Waals surface area contributed by atoms with Crippen molar-refractivity contribution >= 4 is 5.82 Å². The normalized spacial score (nSPS) is 18.3. The van der Waals surface area contributed by atoms with Crippen molar-refractivity contribution in [3.05, 3.63) is 71.4 Å².